The van der Waals surface area contributed by atoms with Crippen LogP contribution in [-0.4, -0.2) is 35.6 Å². The Morgan fingerprint density at radius 2 is 2.00 bits per heavy atom. The first-order valence-electron chi connectivity index (χ1n) is 9.13. The van der Waals surface area contributed by atoms with Gasteiger partial charge in [0.25, 0.3) is 0 Å². The molecule has 6 unspecified atom stereocenters. The van der Waals surface area contributed by atoms with Crippen molar-refractivity contribution in [3.05, 3.63) is 11.6 Å². The van der Waals surface area contributed by atoms with E-state index in [9.17, 15) is 10.2 Å². The first kappa shape index (κ1) is 15.2. The molecule has 4 aliphatic rings. The highest BCUT2D eigenvalue weighted by molar-refractivity contribution is 5.25. The molecule has 0 radical (unpaired) electrons. The fourth-order valence-electron chi connectivity index (χ4n) is 6.31. The van der Waals surface area contributed by atoms with Crippen LogP contribution in [0.3, 0.4) is 0 Å². The smallest absolute Gasteiger partial charge is 0.0833 e. The van der Waals surface area contributed by atoms with Gasteiger partial charge in [-0.1, -0.05) is 18.6 Å². The van der Waals surface area contributed by atoms with Crippen molar-refractivity contribution in [2.75, 3.05) is 7.11 Å². The Bertz CT molecular complexity index is 473. The van der Waals surface area contributed by atoms with Gasteiger partial charge in [0, 0.05) is 12.5 Å². The second kappa shape index (κ2) is 5.32. The average molecular weight is 306 g/mol. The van der Waals surface area contributed by atoms with Gasteiger partial charge in [0.1, 0.15) is 0 Å². The molecule has 3 nitrogen and oxygen atoms in total. The Morgan fingerprint density at radius 1 is 1.18 bits per heavy atom. The molecule has 0 aliphatic heterocycles. The quantitative estimate of drug-likeness (QED) is 0.732. The summed E-state index contributed by atoms with van der Waals surface area (Å²) >= 11 is 0. The molecule has 0 bridgehead atoms. The molecule has 0 aromatic heterocycles. The van der Waals surface area contributed by atoms with E-state index in [4.69, 9.17) is 4.74 Å². The minimum atomic E-state index is -0.289. The van der Waals surface area contributed by atoms with Crippen molar-refractivity contribution in [2.45, 2.75) is 70.2 Å². The second-order valence-corrected chi connectivity index (χ2v) is 8.47. The molecule has 0 heterocycles. The molecule has 0 aromatic rings. The number of methoxy groups -OCH3 is 1. The minimum absolute atomic E-state index is 0.0167. The first-order chi connectivity index (χ1) is 10.5. The summed E-state index contributed by atoms with van der Waals surface area (Å²) in [5.74, 6) is 2.57. The summed E-state index contributed by atoms with van der Waals surface area (Å²) < 4.78 is 5.55. The van der Waals surface area contributed by atoms with Gasteiger partial charge in [0.2, 0.25) is 0 Å². The van der Waals surface area contributed by atoms with Gasteiger partial charge in [0.05, 0.1) is 18.3 Å². The van der Waals surface area contributed by atoms with Crippen molar-refractivity contribution >= 4 is 0 Å². The summed E-state index contributed by atoms with van der Waals surface area (Å²) in [4.78, 5) is 0. The van der Waals surface area contributed by atoms with Gasteiger partial charge >= 0.3 is 0 Å². The van der Waals surface area contributed by atoms with E-state index in [2.05, 4.69) is 13.0 Å². The van der Waals surface area contributed by atoms with E-state index in [1.165, 1.54) is 6.42 Å². The van der Waals surface area contributed by atoms with Gasteiger partial charge in [-0.25, -0.2) is 0 Å². The summed E-state index contributed by atoms with van der Waals surface area (Å²) in [6, 6.07) is 0. The molecule has 3 fully saturated rings. The molecule has 3 heteroatoms. The Kier molecular flexibility index (Phi) is 3.67. The Morgan fingerprint density at radius 3 is 2.77 bits per heavy atom. The lowest BCUT2D eigenvalue weighted by molar-refractivity contribution is -0.0853. The van der Waals surface area contributed by atoms with Crippen LogP contribution in [0.5, 0.6) is 0 Å². The minimum Gasteiger partial charge on any atom is -0.393 e. The van der Waals surface area contributed by atoms with Crippen molar-refractivity contribution in [2.24, 2.45) is 29.1 Å². The van der Waals surface area contributed by atoms with Crippen LogP contribution < -0.4 is 0 Å². The maximum absolute atomic E-state index is 10.4. The van der Waals surface area contributed by atoms with Crippen molar-refractivity contribution in [1.82, 2.24) is 0 Å². The largest absolute Gasteiger partial charge is 0.393 e. The summed E-state index contributed by atoms with van der Waals surface area (Å²) in [5.41, 5.74) is 1.77. The van der Waals surface area contributed by atoms with E-state index in [1.807, 2.05) is 0 Å². The topological polar surface area (TPSA) is 49.7 Å². The van der Waals surface area contributed by atoms with Crippen LogP contribution in [0.2, 0.25) is 0 Å². The van der Waals surface area contributed by atoms with Crippen LogP contribution in [-0.2, 0) is 4.74 Å². The molecule has 3 saturated carbocycles. The molecular formula is C19H30O3. The molecule has 8 atom stereocenters. The number of rotatable bonds is 1. The van der Waals surface area contributed by atoms with Crippen molar-refractivity contribution in [1.29, 1.82) is 0 Å². The lowest BCUT2D eigenvalue weighted by Crippen LogP contribution is -2.48. The Hall–Kier alpha value is -0.380. The maximum Gasteiger partial charge on any atom is 0.0833 e. The highest BCUT2D eigenvalue weighted by Gasteiger charge is 2.54. The van der Waals surface area contributed by atoms with E-state index in [-0.39, 0.29) is 23.7 Å². The average Bonchev–Trinajstić information content (AvgIpc) is 2.82. The highest BCUT2D eigenvalue weighted by atomic mass is 16.5. The fourth-order valence-corrected chi connectivity index (χ4v) is 6.31. The van der Waals surface area contributed by atoms with Gasteiger partial charge in [0.15, 0.2) is 0 Å². The third-order valence-electron chi connectivity index (χ3n) is 7.67. The number of ether oxygens (including phenoxy) is 1. The van der Waals surface area contributed by atoms with Crippen LogP contribution in [0.1, 0.15) is 51.9 Å². The first-order valence-corrected chi connectivity index (χ1v) is 9.13. The second-order valence-electron chi connectivity index (χ2n) is 8.47. The lowest BCUT2D eigenvalue weighted by Gasteiger charge is -2.52. The predicted octanol–water partition coefficient (Wildman–Crippen LogP) is 2.91. The van der Waals surface area contributed by atoms with E-state index >= 15 is 0 Å². The number of aliphatic hydroxyl groups excluding tert-OH is 2. The van der Waals surface area contributed by atoms with Crippen LogP contribution >= 0.6 is 0 Å². The molecule has 22 heavy (non-hydrogen) atoms. The zero-order chi connectivity index (χ0) is 15.5. The standard InChI is InChI=1S/C19H30O3/c1-19-8-7-12-13(15(19)5-6-18(19)21)4-3-11-9-16(20)17(22-2)10-14(11)12/h4,11-12,14-18,20-21H,3,5-10H2,1-2H3/t11?,12?,14?,15?,16?,17?,18-,19-/m0/s1. The number of aliphatic hydroxyl groups is 2. The molecule has 2 N–H and O–H groups in total. The predicted molar refractivity (Wildman–Crippen MR) is 85.3 cm³/mol. The summed E-state index contributed by atoms with van der Waals surface area (Å²) in [6.07, 6.45) is 9.63. The SMILES string of the molecule is COC1CC2C(CC=C3C2CC[C@@]2(C)C3CC[C@@H]2O)CC1O. The monoisotopic (exact) mass is 306 g/mol. The third kappa shape index (κ3) is 2.05. The Labute approximate surface area is 133 Å². The molecule has 124 valence electrons. The third-order valence-corrected chi connectivity index (χ3v) is 7.67. The number of hydrogen-bond donors (Lipinski definition) is 2. The number of fused-ring (bicyclic) bond motifs is 5. The fraction of sp³-hybridized carbons (Fsp3) is 0.895. The van der Waals surface area contributed by atoms with Gasteiger partial charge in [-0.15, -0.1) is 0 Å². The molecule has 4 aliphatic carbocycles. The molecule has 0 saturated heterocycles. The van der Waals surface area contributed by atoms with Crippen molar-refractivity contribution in [3.63, 3.8) is 0 Å². The molecular weight excluding hydrogens is 276 g/mol. The van der Waals surface area contributed by atoms with E-state index in [0.717, 1.165) is 38.5 Å². The number of allylic oxidation sites excluding steroid dienone is 2. The van der Waals surface area contributed by atoms with Gasteiger partial charge in [-0.3, -0.25) is 0 Å². The summed E-state index contributed by atoms with van der Waals surface area (Å²) in [5, 5.41) is 20.7. The normalized spacial score (nSPS) is 54.2. The zero-order valence-electron chi connectivity index (χ0n) is 13.9. The van der Waals surface area contributed by atoms with E-state index in [1.54, 1.807) is 12.7 Å². The maximum atomic E-state index is 10.4. The van der Waals surface area contributed by atoms with Crippen LogP contribution in [0.25, 0.3) is 0 Å². The highest BCUT2D eigenvalue weighted by Crippen LogP contribution is 2.60. The molecule has 0 amide bonds. The Balaban J connectivity index is 1.61. The van der Waals surface area contributed by atoms with Crippen molar-refractivity contribution < 1.29 is 14.9 Å². The van der Waals surface area contributed by atoms with E-state index in [0.29, 0.717) is 23.7 Å². The van der Waals surface area contributed by atoms with Crippen molar-refractivity contribution in [3.8, 4) is 0 Å². The molecule has 4 rings (SSSR count). The lowest BCUT2D eigenvalue weighted by atomic mass is 9.54. The molecule has 0 spiro atoms. The number of hydrogen-bond acceptors (Lipinski definition) is 3. The zero-order valence-corrected chi connectivity index (χ0v) is 13.9. The van der Waals surface area contributed by atoms with Crippen LogP contribution in [0, 0.1) is 29.1 Å². The van der Waals surface area contributed by atoms with Gasteiger partial charge in [-0.05, 0) is 68.6 Å². The van der Waals surface area contributed by atoms with E-state index < -0.39 is 0 Å². The molecule has 0 aromatic carbocycles. The van der Waals surface area contributed by atoms with Crippen LogP contribution in [0.15, 0.2) is 11.6 Å². The summed E-state index contributed by atoms with van der Waals surface area (Å²) in [7, 11) is 1.74. The summed E-state index contributed by atoms with van der Waals surface area (Å²) in [6.45, 7) is 2.31. The van der Waals surface area contributed by atoms with Gasteiger partial charge < -0.3 is 14.9 Å². The van der Waals surface area contributed by atoms with Crippen LogP contribution in [0.4, 0.5) is 0 Å². The van der Waals surface area contributed by atoms with Gasteiger partial charge in [-0.2, -0.15) is 0 Å².